The van der Waals surface area contributed by atoms with Gasteiger partial charge in [0.15, 0.2) is 0 Å². The lowest BCUT2D eigenvalue weighted by molar-refractivity contribution is -0.144. The number of hydrogen-bond donors (Lipinski definition) is 2. The first kappa shape index (κ1) is 25.1. The highest BCUT2D eigenvalue weighted by atomic mass is 16.5. The van der Waals surface area contributed by atoms with Crippen molar-refractivity contribution in [1.82, 2.24) is 0 Å². The topological polar surface area (TPSA) is 115 Å². The van der Waals surface area contributed by atoms with Crippen LogP contribution in [0.2, 0.25) is 0 Å². The normalized spacial score (nSPS) is 10.2. The Hall–Kier alpha value is -1.14. The summed E-state index contributed by atoms with van der Waals surface area (Å²) in [4.78, 5) is 21.8. The van der Waals surface area contributed by atoms with Crippen molar-refractivity contribution in [3.63, 3.8) is 0 Å². The van der Waals surface area contributed by atoms with Crippen LogP contribution < -0.4 is 0 Å². The van der Waals surface area contributed by atoms with Gasteiger partial charge in [0, 0.05) is 19.4 Å². The second kappa shape index (κ2) is 19.9. The van der Waals surface area contributed by atoms with Crippen LogP contribution in [0.3, 0.4) is 0 Å². The Morgan fingerprint density at radius 2 is 1.12 bits per heavy atom. The van der Waals surface area contributed by atoms with E-state index in [0.29, 0.717) is 13.0 Å². The Labute approximate surface area is 145 Å². The molecule has 0 aromatic carbocycles. The molecule has 0 saturated carbocycles. The summed E-state index contributed by atoms with van der Waals surface area (Å²) < 4.78 is 5.20. The second-order valence-electron chi connectivity index (χ2n) is 6.08. The number of carboxylic acid groups (broad SMARTS) is 1. The minimum atomic E-state index is -0.724. The molecule has 0 aromatic heterocycles. The third-order valence-electron chi connectivity index (χ3n) is 3.84. The molecule has 0 spiro atoms. The highest BCUT2D eigenvalue weighted by Crippen LogP contribution is 2.09. The first-order valence-electron chi connectivity index (χ1n) is 9.15. The first-order chi connectivity index (χ1) is 11.2. The number of rotatable bonds is 17. The highest BCUT2D eigenvalue weighted by molar-refractivity contribution is 5.69. The van der Waals surface area contributed by atoms with E-state index in [-0.39, 0.29) is 24.5 Å². The van der Waals surface area contributed by atoms with E-state index in [0.717, 1.165) is 77.0 Å². The number of carbonyl (C=O) groups excluding carboxylic acids is 1. The number of aliphatic carboxylic acids is 1. The highest BCUT2D eigenvalue weighted by Gasteiger charge is 2.02. The molecule has 0 saturated heterocycles. The van der Waals surface area contributed by atoms with Gasteiger partial charge in [0.05, 0.1) is 6.61 Å². The SMILES string of the molecule is O.O=C(O)CCCCCCCCC(=O)OCCCCCCCCO. The van der Waals surface area contributed by atoms with Gasteiger partial charge in [0.2, 0.25) is 0 Å². The summed E-state index contributed by atoms with van der Waals surface area (Å²) >= 11 is 0. The fourth-order valence-corrected chi connectivity index (χ4v) is 2.43. The monoisotopic (exact) mass is 348 g/mol. The van der Waals surface area contributed by atoms with Crippen LogP contribution in [0.4, 0.5) is 0 Å². The number of aliphatic hydroxyl groups is 1. The Balaban J connectivity index is 0. The Morgan fingerprint density at radius 1 is 0.667 bits per heavy atom. The average Bonchev–Trinajstić information content (AvgIpc) is 2.52. The van der Waals surface area contributed by atoms with Crippen molar-refractivity contribution < 1.29 is 30.0 Å². The number of esters is 1. The molecule has 6 heteroatoms. The van der Waals surface area contributed by atoms with E-state index in [1.807, 2.05) is 0 Å². The zero-order valence-electron chi connectivity index (χ0n) is 14.9. The van der Waals surface area contributed by atoms with Crippen LogP contribution in [-0.2, 0) is 14.3 Å². The quantitative estimate of drug-likeness (QED) is 0.309. The zero-order valence-corrected chi connectivity index (χ0v) is 14.9. The summed E-state index contributed by atoms with van der Waals surface area (Å²) in [5.74, 6) is -0.825. The van der Waals surface area contributed by atoms with Crippen LogP contribution in [0.1, 0.15) is 89.9 Å². The standard InChI is InChI=1S/C18H34O5.H2O/c19-15-11-7-3-4-8-12-16-23-18(22)14-10-6-2-1-5-9-13-17(20)21;/h19H,1-16H2,(H,20,21);1H2. The summed E-state index contributed by atoms with van der Waals surface area (Å²) in [6, 6.07) is 0. The van der Waals surface area contributed by atoms with Crippen molar-refractivity contribution in [3.8, 4) is 0 Å². The summed E-state index contributed by atoms with van der Waals surface area (Å²) in [7, 11) is 0. The van der Waals surface area contributed by atoms with E-state index in [2.05, 4.69) is 0 Å². The molecule has 0 heterocycles. The van der Waals surface area contributed by atoms with Gasteiger partial charge in [-0.05, 0) is 25.7 Å². The van der Waals surface area contributed by atoms with Gasteiger partial charge in [0.25, 0.3) is 0 Å². The molecule has 0 atom stereocenters. The van der Waals surface area contributed by atoms with Gasteiger partial charge < -0.3 is 20.4 Å². The minimum Gasteiger partial charge on any atom is -0.481 e. The third-order valence-corrected chi connectivity index (χ3v) is 3.84. The van der Waals surface area contributed by atoms with Gasteiger partial charge in [-0.15, -0.1) is 0 Å². The number of aliphatic hydroxyl groups excluding tert-OH is 1. The predicted molar refractivity (Wildman–Crippen MR) is 93.9 cm³/mol. The molecule has 0 aliphatic carbocycles. The molecule has 144 valence electrons. The molecular weight excluding hydrogens is 312 g/mol. The Bertz CT molecular complexity index is 293. The van der Waals surface area contributed by atoms with E-state index in [1.54, 1.807) is 0 Å². The molecule has 0 bridgehead atoms. The van der Waals surface area contributed by atoms with E-state index in [4.69, 9.17) is 14.9 Å². The van der Waals surface area contributed by atoms with Crippen LogP contribution >= 0.6 is 0 Å². The molecule has 0 amide bonds. The van der Waals surface area contributed by atoms with Crippen LogP contribution in [0.5, 0.6) is 0 Å². The van der Waals surface area contributed by atoms with Gasteiger partial charge in [-0.1, -0.05) is 51.4 Å². The second-order valence-corrected chi connectivity index (χ2v) is 6.08. The number of unbranched alkanes of at least 4 members (excludes halogenated alkanes) is 10. The van der Waals surface area contributed by atoms with Crippen molar-refractivity contribution in [2.75, 3.05) is 13.2 Å². The lowest BCUT2D eigenvalue weighted by Gasteiger charge is -2.05. The maximum absolute atomic E-state index is 11.5. The maximum Gasteiger partial charge on any atom is 0.305 e. The van der Waals surface area contributed by atoms with E-state index in [1.165, 1.54) is 0 Å². The molecule has 0 aliphatic heterocycles. The van der Waals surface area contributed by atoms with Gasteiger partial charge in [-0.3, -0.25) is 9.59 Å². The molecule has 0 unspecified atom stereocenters. The minimum absolute atomic E-state index is 0. The fraction of sp³-hybridized carbons (Fsp3) is 0.889. The number of carbonyl (C=O) groups is 2. The smallest absolute Gasteiger partial charge is 0.305 e. The zero-order chi connectivity index (χ0) is 17.2. The van der Waals surface area contributed by atoms with Crippen molar-refractivity contribution in [1.29, 1.82) is 0 Å². The lowest BCUT2D eigenvalue weighted by Crippen LogP contribution is -2.05. The Kier molecular flexibility index (Phi) is 20.8. The molecule has 24 heavy (non-hydrogen) atoms. The number of carboxylic acids is 1. The molecule has 0 aromatic rings. The van der Waals surface area contributed by atoms with Crippen LogP contribution in [0.15, 0.2) is 0 Å². The van der Waals surface area contributed by atoms with Crippen molar-refractivity contribution in [3.05, 3.63) is 0 Å². The van der Waals surface area contributed by atoms with E-state index in [9.17, 15) is 9.59 Å². The summed E-state index contributed by atoms with van der Waals surface area (Å²) in [6.07, 6.45) is 12.7. The molecule has 0 rings (SSSR count). The van der Waals surface area contributed by atoms with Crippen molar-refractivity contribution >= 4 is 11.9 Å². The lowest BCUT2D eigenvalue weighted by atomic mass is 10.1. The van der Waals surface area contributed by atoms with Gasteiger partial charge >= 0.3 is 11.9 Å². The van der Waals surface area contributed by atoms with E-state index < -0.39 is 5.97 Å². The van der Waals surface area contributed by atoms with Crippen LogP contribution in [0.25, 0.3) is 0 Å². The molecule has 4 N–H and O–H groups in total. The first-order valence-corrected chi connectivity index (χ1v) is 9.15. The van der Waals surface area contributed by atoms with Crippen LogP contribution in [0, 0.1) is 0 Å². The summed E-state index contributed by atoms with van der Waals surface area (Å²) in [5, 5.41) is 17.2. The fourth-order valence-electron chi connectivity index (χ4n) is 2.43. The summed E-state index contributed by atoms with van der Waals surface area (Å²) in [6.45, 7) is 0.800. The predicted octanol–water partition coefficient (Wildman–Crippen LogP) is 3.24. The largest absolute Gasteiger partial charge is 0.481 e. The van der Waals surface area contributed by atoms with Crippen molar-refractivity contribution in [2.45, 2.75) is 89.9 Å². The maximum atomic E-state index is 11.5. The summed E-state index contributed by atoms with van der Waals surface area (Å²) in [5.41, 5.74) is 0. The Morgan fingerprint density at radius 3 is 1.67 bits per heavy atom. The molecule has 6 nitrogen and oxygen atoms in total. The van der Waals surface area contributed by atoms with Gasteiger partial charge in [0.1, 0.15) is 0 Å². The molecule has 0 aliphatic rings. The molecule has 0 radical (unpaired) electrons. The van der Waals surface area contributed by atoms with Crippen LogP contribution in [-0.4, -0.2) is 40.8 Å². The van der Waals surface area contributed by atoms with Gasteiger partial charge in [-0.2, -0.15) is 0 Å². The number of ether oxygens (including phenoxy) is 1. The van der Waals surface area contributed by atoms with Crippen molar-refractivity contribution in [2.24, 2.45) is 0 Å². The van der Waals surface area contributed by atoms with E-state index >= 15 is 0 Å². The average molecular weight is 348 g/mol. The van der Waals surface area contributed by atoms with Gasteiger partial charge in [-0.25, -0.2) is 0 Å². The molecular formula is C18H36O6. The molecule has 0 fully saturated rings. The third kappa shape index (κ3) is 20.9. The number of hydrogen-bond acceptors (Lipinski definition) is 4.